The summed E-state index contributed by atoms with van der Waals surface area (Å²) in [6, 6.07) is 26.7. The summed E-state index contributed by atoms with van der Waals surface area (Å²) in [5, 5.41) is 0.982. The van der Waals surface area contributed by atoms with Crippen LogP contribution in [0.3, 0.4) is 0 Å². The predicted octanol–water partition coefficient (Wildman–Crippen LogP) is 5.57. The van der Waals surface area contributed by atoms with Gasteiger partial charge in [0.1, 0.15) is 0 Å². The third-order valence-corrected chi connectivity index (χ3v) is 5.32. The molecule has 0 saturated carbocycles. The van der Waals surface area contributed by atoms with Crippen LogP contribution in [-0.4, -0.2) is 22.8 Å². The SMILES string of the molecule is Cc1nc2ccccc2c(-c2ccccc2)c1CC(=O)OC(C)C(=O)c1ccccc1. The number of aromatic nitrogens is 1. The number of hydrogen-bond acceptors (Lipinski definition) is 4. The Hall–Kier alpha value is -3.79. The molecule has 4 heteroatoms. The maximum Gasteiger partial charge on any atom is 0.311 e. The summed E-state index contributed by atoms with van der Waals surface area (Å²) in [7, 11) is 0. The summed E-state index contributed by atoms with van der Waals surface area (Å²) in [5.41, 5.74) is 4.98. The third-order valence-electron chi connectivity index (χ3n) is 5.32. The van der Waals surface area contributed by atoms with Gasteiger partial charge in [-0.1, -0.05) is 78.9 Å². The number of rotatable bonds is 6. The number of ether oxygens (including phenoxy) is 1. The monoisotopic (exact) mass is 409 g/mol. The fourth-order valence-electron chi connectivity index (χ4n) is 3.80. The van der Waals surface area contributed by atoms with Gasteiger partial charge in [0.15, 0.2) is 6.10 Å². The van der Waals surface area contributed by atoms with Gasteiger partial charge in [-0.3, -0.25) is 14.6 Å². The van der Waals surface area contributed by atoms with Gasteiger partial charge >= 0.3 is 5.97 Å². The van der Waals surface area contributed by atoms with Gasteiger partial charge < -0.3 is 4.74 Å². The van der Waals surface area contributed by atoms with Crippen molar-refractivity contribution in [2.45, 2.75) is 26.4 Å². The molecule has 1 heterocycles. The number of ketones is 1. The molecule has 1 aromatic heterocycles. The van der Waals surface area contributed by atoms with Crippen LogP contribution in [0.1, 0.15) is 28.5 Å². The van der Waals surface area contributed by atoms with E-state index in [-0.39, 0.29) is 12.2 Å². The van der Waals surface area contributed by atoms with Gasteiger partial charge in [-0.2, -0.15) is 0 Å². The van der Waals surface area contributed by atoms with E-state index < -0.39 is 12.1 Å². The van der Waals surface area contributed by atoms with Crippen molar-refractivity contribution in [2.75, 3.05) is 0 Å². The van der Waals surface area contributed by atoms with Gasteiger partial charge in [0.2, 0.25) is 5.78 Å². The van der Waals surface area contributed by atoms with E-state index in [1.807, 2.05) is 67.6 Å². The van der Waals surface area contributed by atoms with Crippen LogP contribution >= 0.6 is 0 Å². The number of fused-ring (bicyclic) bond motifs is 1. The van der Waals surface area contributed by atoms with E-state index in [0.29, 0.717) is 5.56 Å². The minimum absolute atomic E-state index is 0.0420. The molecule has 4 rings (SSSR count). The number of Topliss-reactive ketones (excluding diaryl/α,β-unsaturated/α-hetero) is 1. The van der Waals surface area contributed by atoms with E-state index in [9.17, 15) is 9.59 Å². The topological polar surface area (TPSA) is 56.3 Å². The summed E-state index contributed by atoms with van der Waals surface area (Å²) >= 11 is 0. The quantitative estimate of drug-likeness (QED) is 0.309. The lowest BCUT2D eigenvalue weighted by molar-refractivity contribution is -0.145. The van der Waals surface area contributed by atoms with Crippen LogP contribution in [0.5, 0.6) is 0 Å². The number of benzene rings is 3. The molecule has 0 amide bonds. The number of aryl methyl sites for hydroxylation is 1. The number of esters is 1. The molecule has 0 aliphatic carbocycles. The number of hydrogen-bond donors (Lipinski definition) is 0. The average molecular weight is 409 g/mol. The second-order valence-corrected chi connectivity index (χ2v) is 7.47. The Kier molecular flexibility index (Phi) is 5.89. The number of para-hydroxylation sites is 1. The third kappa shape index (κ3) is 4.38. The number of nitrogens with zero attached hydrogens (tertiary/aromatic N) is 1. The molecule has 0 bridgehead atoms. The highest BCUT2D eigenvalue weighted by atomic mass is 16.5. The zero-order valence-electron chi connectivity index (χ0n) is 17.5. The van der Waals surface area contributed by atoms with E-state index in [2.05, 4.69) is 0 Å². The molecule has 1 unspecified atom stereocenters. The molecule has 154 valence electrons. The van der Waals surface area contributed by atoms with E-state index in [1.54, 1.807) is 31.2 Å². The summed E-state index contributed by atoms with van der Waals surface area (Å²) in [6.07, 6.45) is -0.816. The number of carbonyl (C=O) groups excluding carboxylic acids is 2. The molecule has 0 fully saturated rings. The fraction of sp³-hybridized carbons (Fsp3) is 0.148. The molecule has 0 aliphatic heterocycles. The Morgan fingerprint density at radius 1 is 0.871 bits per heavy atom. The fourth-order valence-corrected chi connectivity index (χ4v) is 3.80. The minimum Gasteiger partial charge on any atom is -0.454 e. The molecule has 31 heavy (non-hydrogen) atoms. The molecule has 0 spiro atoms. The Bertz CT molecular complexity index is 1230. The van der Waals surface area contributed by atoms with Crippen LogP contribution in [-0.2, 0) is 16.0 Å². The smallest absolute Gasteiger partial charge is 0.311 e. The van der Waals surface area contributed by atoms with Gasteiger partial charge in [-0.15, -0.1) is 0 Å². The van der Waals surface area contributed by atoms with E-state index in [0.717, 1.165) is 33.3 Å². The Morgan fingerprint density at radius 3 is 2.19 bits per heavy atom. The van der Waals surface area contributed by atoms with Crippen LogP contribution < -0.4 is 0 Å². The van der Waals surface area contributed by atoms with Crippen molar-refractivity contribution in [2.24, 2.45) is 0 Å². The Morgan fingerprint density at radius 2 is 1.48 bits per heavy atom. The zero-order valence-corrected chi connectivity index (χ0v) is 17.5. The first-order valence-electron chi connectivity index (χ1n) is 10.3. The van der Waals surface area contributed by atoms with Gasteiger partial charge in [-0.25, -0.2) is 0 Å². The average Bonchev–Trinajstić information content (AvgIpc) is 2.80. The molecular weight excluding hydrogens is 386 g/mol. The lowest BCUT2D eigenvalue weighted by atomic mass is 9.93. The highest BCUT2D eigenvalue weighted by Crippen LogP contribution is 2.33. The molecular formula is C27H23NO3. The van der Waals surface area contributed by atoms with Crippen molar-refractivity contribution >= 4 is 22.7 Å². The molecule has 3 aromatic carbocycles. The van der Waals surface area contributed by atoms with Crippen molar-refractivity contribution in [3.05, 3.63) is 102 Å². The minimum atomic E-state index is -0.858. The largest absolute Gasteiger partial charge is 0.454 e. The first-order chi connectivity index (χ1) is 15.0. The summed E-state index contributed by atoms with van der Waals surface area (Å²) < 4.78 is 5.51. The van der Waals surface area contributed by atoms with E-state index in [4.69, 9.17) is 9.72 Å². The van der Waals surface area contributed by atoms with Crippen LogP contribution in [0, 0.1) is 6.92 Å². The molecule has 4 aromatic rings. The summed E-state index contributed by atoms with van der Waals surface area (Å²) in [5.74, 6) is -0.667. The second kappa shape index (κ2) is 8.92. The molecule has 4 nitrogen and oxygen atoms in total. The lowest BCUT2D eigenvalue weighted by Gasteiger charge is -2.17. The molecule has 0 radical (unpaired) electrons. The molecule has 0 aliphatic rings. The van der Waals surface area contributed by atoms with Gasteiger partial charge in [-0.05, 0) is 36.6 Å². The second-order valence-electron chi connectivity index (χ2n) is 7.47. The predicted molar refractivity (Wildman–Crippen MR) is 122 cm³/mol. The molecule has 0 saturated heterocycles. The van der Waals surface area contributed by atoms with Crippen LogP contribution in [0.2, 0.25) is 0 Å². The normalized spacial score (nSPS) is 11.8. The molecule has 0 N–H and O–H groups in total. The summed E-state index contributed by atoms with van der Waals surface area (Å²) in [6.45, 7) is 3.51. The van der Waals surface area contributed by atoms with Crippen molar-refractivity contribution < 1.29 is 14.3 Å². The van der Waals surface area contributed by atoms with Crippen LogP contribution in [0.25, 0.3) is 22.0 Å². The highest BCUT2D eigenvalue weighted by molar-refractivity contribution is 6.01. The standard InChI is InChI=1S/C27H23NO3/c1-18-23(17-25(29)31-19(2)27(30)21-13-7-4-8-14-21)26(20-11-5-3-6-12-20)22-15-9-10-16-24(22)28-18/h3-16,19H,17H2,1-2H3. The van der Waals surface area contributed by atoms with Crippen molar-refractivity contribution in [3.8, 4) is 11.1 Å². The van der Waals surface area contributed by atoms with E-state index >= 15 is 0 Å². The molecule has 1 atom stereocenters. The van der Waals surface area contributed by atoms with Crippen molar-refractivity contribution in [1.82, 2.24) is 4.98 Å². The van der Waals surface area contributed by atoms with Crippen LogP contribution in [0.4, 0.5) is 0 Å². The highest BCUT2D eigenvalue weighted by Gasteiger charge is 2.22. The Balaban J connectivity index is 1.66. The Labute approximate surface area is 181 Å². The maximum atomic E-state index is 12.8. The van der Waals surface area contributed by atoms with Gasteiger partial charge in [0.05, 0.1) is 11.9 Å². The van der Waals surface area contributed by atoms with Gasteiger partial charge in [0, 0.05) is 16.6 Å². The number of carbonyl (C=O) groups is 2. The zero-order chi connectivity index (χ0) is 21.8. The van der Waals surface area contributed by atoms with Crippen molar-refractivity contribution in [1.29, 1.82) is 0 Å². The van der Waals surface area contributed by atoms with Gasteiger partial charge in [0.25, 0.3) is 0 Å². The number of pyridine rings is 1. The van der Waals surface area contributed by atoms with Crippen LogP contribution in [0.15, 0.2) is 84.9 Å². The maximum absolute atomic E-state index is 12.8. The van der Waals surface area contributed by atoms with Crippen molar-refractivity contribution in [3.63, 3.8) is 0 Å². The first-order valence-corrected chi connectivity index (χ1v) is 10.3. The first kappa shape index (κ1) is 20.5. The summed E-state index contributed by atoms with van der Waals surface area (Å²) in [4.78, 5) is 30.1. The van der Waals surface area contributed by atoms with E-state index in [1.165, 1.54) is 0 Å². The lowest BCUT2D eigenvalue weighted by Crippen LogP contribution is -2.25.